The van der Waals surface area contributed by atoms with Crippen molar-refractivity contribution in [2.45, 2.75) is 57.8 Å². The van der Waals surface area contributed by atoms with E-state index in [-0.39, 0.29) is 17.1 Å². The molecule has 2 aliphatic rings. The fourth-order valence-electron chi connectivity index (χ4n) is 3.25. The number of fused-ring (bicyclic) bond motifs is 3. The normalized spacial score (nSPS) is 15.8. The maximum atomic E-state index is 7.50. The van der Waals surface area contributed by atoms with Crippen LogP contribution in [0.5, 0.6) is 0 Å². The summed E-state index contributed by atoms with van der Waals surface area (Å²) in [4.78, 5) is 0. The first-order valence-corrected chi connectivity index (χ1v) is 6.65. The van der Waals surface area contributed by atoms with Crippen molar-refractivity contribution >= 4 is 0 Å². The summed E-state index contributed by atoms with van der Waals surface area (Å²) in [6, 6.07) is 2.54. The van der Waals surface area contributed by atoms with Gasteiger partial charge in [-0.3, -0.25) is 0 Å². The Morgan fingerprint density at radius 2 is 1.47 bits per heavy atom. The van der Waals surface area contributed by atoms with Gasteiger partial charge in [-0.05, 0) is 0 Å². The maximum Gasteiger partial charge on any atom is 3.00 e. The molecule has 1 aromatic rings. The summed E-state index contributed by atoms with van der Waals surface area (Å²) in [7, 11) is 0. The summed E-state index contributed by atoms with van der Waals surface area (Å²) in [5.74, 6) is 0. The van der Waals surface area contributed by atoms with Crippen molar-refractivity contribution in [3.8, 4) is 0 Å². The number of aryl methyl sites for hydroxylation is 2. The Balaban J connectivity index is 0.000000597. The van der Waals surface area contributed by atoms with Crippen LogP contribution in [0.15, 0.2) is 6.07 Å². The zero-order valence-corrected chi connectivity index (χ0v) is 12.2. The van der Waals surface area contributed by atoms with Gasteiger partial charge in [-0.15, -0.1) is 0 Å². The molecule has 0 bridgehead atoms. The molecule has 0 unspecified atom stereocenters. The Morgan fingerprint density at radius 3 is 2.21 bits per heavy atom. The van der Waals surface area contributed by atoms with Gasteiger partial charge in [0.25, 0.3) is 0 Å². The van der Waals surface area contributed by atoms with E-state index in [4.69, 9.17) is 9.30 Å². The third-order valence-electron chi connectivity index (χ3n) is 3.98. The Hall–Kier alpha value is -0.651. The average molecular weight is 299 g/mol. The Bertz CT molecular complexity index is 409. The molecule has 101 valence electrons. The van der Waals surface area contributed by atoms with Crippen molar-refractivity contribution in [1.29, 1.82) is 0 Å². The molecule has 0 saturated heterocycles. The van der Waals surface area contributed by atoms with Gasteiger partial charge in [0.15, 0.2) is 0 Å². The molecule has 0 N–H and O–H groups in total. The third-order valence-corrected chi connectivity index (χ3v) is 3.98. The van der Waals surface area contributed by atoms with Gasteiger partial charge in [0.05, 0.1) is 0 Å². The first-order chi connectivity index (χ1) is 8.95. The van der Waals surface area contributed by atoms with E-state index in [1.165, 1.54) is 57.8 Å². The summed E-state index contributed by atoms with van der Waals surface area (Å²) >= 11 is 0. The van der Waals surface area contributed by atoms with Crippen LogP contribution in [0.3, 0.4) is 0 Å². The summed E-state index contributed by atoms with van der Waals surface area (Å²) < 4.78 is 15.0. The molecule has 19 heavy (non-hydrogen) atoms. The van der Waals surface area contributed by atoms with E-state index < -0.39 is 0 Å². The molecule has 0 heterocycles. The summed E-state index contributed by atoms with van der Waals surface area (Å²) in [5, 5.41) is 0. The summed E-state index contributed by atoms with van der Waals surface area (Å²) in [5.41, 5.74) is 6.97. The van der Waals surface area contributed by atoms with Crippen LogP contribution in [-0.4, -0.2) is 0 Å². The van der Waals surface area contributed by atoms with Crippen molar-refractivity contribution in [1.82, 2.24) is 0 Å². The van der Waals surface area contributed by atoms with Crippen LogP contribution in [0.1, 0.15) is 54.4 Å². The fraction of sp³-hybridized carbons (Fsp3) is 0.562. The Morgan fingerprint density at radius 1 is 0.842 bits per heavy atom. The van der Waals surface area contributed by atoms with Crippen LogP contribution in [-0.2, 0) is 52.1 Å². The molecule has 0 fully saturated rings. The van der Waals surface area contributed by atoms with E-state index in [1.54, 1.807) is 22.3 Å². The van der Waals surface area contributed by atoms with Crippen LogP contribution in [0.2, 0.25) is 0 Å². The molecule has 0 amide bonds. The molecule has 1 radical (unpaired) electrons. The molecule has 0 atom stereocenters. The first kappa shape index (κ1) is 18.3. The van der Waals surface area contributed by atoms with Crippen molar-refractivity contribution in [3.05, 3.63) is 41.6 Å². The minimum Gasteiger partial charge on any atom is -0.195 e. The quantitative estimate of drug-likeness (QED) is 0.304. The third kappa shape index (κ3) is 4.44. The zero-order chi connectivity index (χ0) is 13.4. The second-order valence-corrected chi connectivity index (χ2v) is 4.92. The SMILES string of the molecule is [C-]#[O+].[C-]#[O+].[Fe+3].c1c2c(c3[c-]1CCCCC3)CCCC2. The van der Waals surface area contributed by atoms with Crippen LogP contribution in [0, 0.1) is 13.3 Å². The second kappa shape index (κ2) is 10.2. The Labute approximate surface area is 126 Å². The largest absolute Gasteiger partial charge is 3.00 e. The van der Waals surface area contributed by atoms with E-state index in [0.717, 1.165) is 0 Å². The molecular formula is C16H19FeO2+2. The van der Waals surface area contributed by atoms with E-state index in [2.05, 4.69) is 19.4 Å². The molecule has 0 aromatic heterocycles. The van der Waals surface area contributed by atoms with Gasteiger partial charge in [0.1, 0.15) is 0 Å². The average Bonchev–Trinajstić information content (AvgIpc) is 2.65. The predicted molar refractivity (Wildman–Crippen MR) is 67.8 cm³/mol. The number of rotatable bonds is 0. The molecule has 0 saturated carbocycles. The van der Waals surface area contributed by atoms with Gasteiger partial charge in [-0.1, -0.05) is 57.8 Å². The van der Waals surface area contributed by atoms with Gasteiger partial charge in [0, 0.05) is 0 Å². The monoisotopic (exact) mass is 299 g/mol. The molecule has 3 rings (SSSR count). The number of hydrogen-bond acceptors (Lipinski definition) is 0. The first-order valence-electron chi connectivity index (χ1n) is 6.65. The molecule has 3 heteroatoms. The topological polar surface area (TPSA) is 39.8 Å². The minimum absolute atomic E-state index is 0. The van der Waals surface area contributed by atoms with Gasteiger partial charge < -0.3 is 0 Å². The zero-order valence-electron chi connectivity index (χ0n) is 11.1. The Kier molecular flexibility index (Phi) is 9.83. The van der Waals surface area contributed by atoms with Crippen LogP contribution in [0.4, 0.5) is 0 Å². The summed E-state index contributed by atoms with van der Waals surface area (Å²) in [6.45, 7) is 9.00. The van der Waals surface area contributed by atoms with Gasteiger partial charge in [-0.2, -0.15) is 28.3 Å². The fourth-order valence-corrected chi connectivity index (χ4v) is 3.25. The van der Waals surface area contributed by atoms with E-state index >= 15 is 0 Å². The van der Waals surface area contributed by atoms with Gasteiger partial charge in [-0.25, -0.2) is 0 Å². The smallest absolute Gasteiger partial charge is 0.195 e. The van der Waals surface area contributed by atoms with Crippen LogP contribution >= 0.6 is 0 Å². The van der Waals surface area contributed by atoms with Crippen molar-refractivity contribution < 1.29 is 26.4 Å². The molecule has 0 aliphatic heterocycles. The molecular weight excluding hydrogens is 280 g/mol. The van der Waals surface area contributed by atoms with E-state index in [0.29, 0.717) is 0 Å². The molecule has 2 aliphatic carbocycles. The molecule has 0 spiro atoms. The summed E-state index contributed by atoms with van der Waals surface area (Å²) in [6.07, 6.45) is 12.7. The predicted octanol–water partition coefficient (Wildman–Crippen LogP) is 3.48. The second-order valence-electron chi connectivity index (χ2n) is 4.92. The maximum absolute atomic E-state index is 7.50. The number of hydrogen-bond donors (Lipinski definition) is 0. The molecule has 2 nitrogen and oxygen atoms in total. The molecule has 1 aromatic carbocycles. The van der Waals surface area contributed by atoms with Crippen LogP contribution in [0.25, 0.3) is 0 Å². The van der Waals surface area contributed by atoms with Gasteiger partial charge in [0.2, 0.25) is 0 Å². The van der Waals surface area contributed by atoms with Crippen molar-refractivity contribution in [3.63, 3.8) is 0 Å². The van der Waals surface area contributed by atoms with E-state index in [9.17, 15) is 0 Å². The van der Waals surface area contributed by atoms with Crippen molar-refractivity contribution in [2.24, 2.45) is 0 Å². The standard InChI is InChI=1S/C14H19.2CO.Fe/c1-2-6-11-10-12-7-4-5-9-14(12)13(11)8-3-1;2*1-2;/h10H,1-9H2;;;/q-1;;;+3. The van der Waals surface area contributed by atoms with E-state index in [1.807, 2.05) is 0 Å². The van der Waals surface area contributed by atoms with Gasteiger partial charge >= 0.3 is 39.7 Å². The minimum atomic E-state index is 0. The van der Waals surface area contributed by atoms with Crippen molar-refractivity contribution in [2.75, 3.05) is 0 Å². The van der Waals surface area contributed by atoms with Crippen LogP contribution < -0.4 is 0 Å².